The largest absolute Gasteiger partial charge is 0.496 e. The van der Waals surface area contributed by atoms with Crippen LogP contribution in [0.25, 0.3) is 6.08 Å². The van der Waals surface area contributed by atoms with E-state index in [1.807, 2.05) is 42.5 Å². The fourth-order valence-electron chi connectivity index (χ4n) is 2.06. The maximum atomic E-state index is 11.6. The summed E-state index contributed by atoms with van der Waals surface area (Å²) in [6.07, 6.45) is 3.85. The zero-order valence-electron chi connectivity index (χ0n) is 13.4. The number of carbonyl (C=O) groups excluding carboxylic acids is 2. The number of methoxy groups -OCH3 is 1. The van der Waals surface area contributed by atoms with E-state index in [1.54, 1.807) is 18.2 Å². The van der Waals surface area contributed by atoms with Gasteiger partial charge in [-0.25, -0.2) is 4.79 Å². The van der Waals surface area contributed by atoms with Gasteiger partial charge in [0, 0.05) is 6.54 Å². The number of carbonyl (C=O) groups is 2. The fraction of sp³-hybridized carbons (Fsp3) is 0.158. The first-order chi connectivity index (χ1) is 11.7. The Hall–Kier alpha value is -3.08. The molecule has 0 saturated carbocycles. The summed E-state index contributed by atoms with van der Waals surface area (Å²) in [6.45, 7) is 0.563. The Morgan fingerprint density at radius 3 is 2.67 bits per heavy atom. The minimum atomic E-state index is -0.480. The van der Waals surface area contributed by atoms with Crippen LogP contribution in [-0.4, -0.2) is 26.0 Å². The van der Waals surface area contributed by atoms with E-state index in [-0.39, 0.29) is 6.61 Å². The lowest BCUT2D eigenvalue weighted by Gasteiger charge is -2.05. The van der Waals surface area contributed by atoms with Crippen molar-refractivity contribution >= 4 is 18.5 Å². The second-order valence-electron chi connectivity index (χ2n) is 4.96. The topological polar surface area (TPSA) is 64.6 Å². The first kappa shape index (κ1) is 17.3. The Labute approximate surface area is 140 Å². The highest BCUT2D eigenvalue weighted by atomic mass is 16.5. The molecule has 1 N–H and O–H groups in total. The number of benzene rings is 2. The van der Waals surface area contributed by atoms with Crippen LogP contribution in [0.1, 0.15) is 21.5 Å². The van der Waals surface area contributed by atoms with Gasteiger partial charge in [0.15, 0.2) is 6.29 Å². The molecule has 0 aliphatic heterocycles. The molecule has 0 heterocycles. The highest BCUT2D eigenvalue weighted by Gasteiger charge is 2.02. The number of amides is 1. The standard InChI is InChI=1S/C19H19NO4/c1-23-18-10-9-15(12-17(18)13-21)8-5-11-20-19(22)24-14-16-6-3-2-4-7-16/h2-10,12-13H,11,14H2,1H3,(H,20,22). The fourth-order valence-corrected chi connectivity index (χ4v) is 2.06. The summed E-state index contributed by atoms with van der Waals surface area (Å²) in [7, 11) is 1.52. The first-order valence-electron chi connectivity index (χ1n) is 7.47. The third kappa shape index (κ3) is 5.28. The molecule has 0 aromatic heterocycles. The normalized spacial score (nSPS) is 10.4. The molecular weight excluding hydrogens is 306 g/mol. The van der Waals surface area contributed by atoms with Crippen LogP contribution in [0.2, 0.25) is 0 Å². The van der Waals surface area contributed by atoms with Gasteiger partial charge in [-0.3, -0.25) is 4.79 Å². The molecule has 124 valence electrons. The van der Waals surface area contributed by atoms with Gasteiger partial charge in [0.25, 0.3) is 0 Å². The molecule has 0 spiro atoms. The average Bonchev–Trinajstić information content (AvgIpc) is 2.64. The van der Waals surface area contributed by atoms with Crippen molar-refractivity contribution in [3.05, 3.63) is 71.3 Å². The summed E-state index contributed by atoms with van der Waals surface area (Å²) in [6, 6.07) is 14.7. The van der Waals surface area contributed by atoms with Crippen LogP contribution >= 0.6 is 0 Å². The average molecular weight is 325 g/mol. The van der Waals surface area contributed by atoms with Gasteiger partial charge in [-0.15, -0.1) is 0 Å². The first-order valence-corrected chi connectivity index (χ1v) is 7.47. The molecule has 0 saturated heterocycles. The third-order valence-corrected chi connectivity index (χ3v) is 3.27. The summed E-state index contributed by atoms with van der Waals surface area (Å²) < 4.78 is 10.2. The van der Waals surface area contributed by atoms with Crippen LogP contribution in [0, 0.1) is 0 Å². The number of aldehydes is 1. The molecule has 2 rings (SSSR count). The Bertz CT molecular complexity index is 711. The Morgan fingerprint density at radius 1 is 1.17 bits per heavy atom. The molecule has 0 unspecified atom stereocenters. The van der Waals surface area contributed by atoms with Crippen molar-refractivity contribution in [3.63, 3.8) is 0 Å². The van der Waals surface area contributed by atoms with E-state index in [2.05, 4.69) is 5.32 Å². The van der Waals surface area contributed by atoms with Crippen molar-refractivity contribution in [1.29, 1.82) is 0 Å². The van der Waals surface area contributed by atoms with Gasteiger partial charge in [-0.05, 0) is 23.3 Å². The number of nitrogens with one attached hydrogen (secondary N) is 1. The number of ether oxygens (including phenoxy) is 2. The van der Waals surface area contributed by atoms with Crippen LogP contribution in [0.15, 0.2) is 54.6 Å². The van der Waals surface area contributed by atoms with Crippen molar-refractivity contribution in [3.8, 4) is 5.75 Å². The Morgan fingerprint density at radius 2 is 1.96 bits per heavy atom. The second-order valence-corrected chi connectivity index (χ2v) is 4.96. The van der Waals surface area contributed by atoms with Gasteiger partial charge >= 0.3 is 6.09 Å². The molecule has 1 amide bonds. The predicted molar refractivity (Wildman–Crippen MR) is 92.0 cm³/mol. The molecule has 2 aromatic carbocycles. The molecule has 24 heavy (non-hydrogen) atoms. The number of hydrogen-bond acceptors (Lipinski definition) is 4. The monoisotopic (exact) mass is 325 g/mol. The Balaban J connectivity index is 1.77. The molecule has 2 aromatic rings. The molecule has 5 nitrogen and oxygen atoms in total. The van der Waals surface area contributed by atoms with Gasteiger partial charge < -0.3 is 14.8 Å². The van der Waals surface area contributed by atoms with Crippen LogP contribution < -0.4 is 10.1 Å². The summed E-state index contributed by atoms with van der Waals surface area (Å²) in [4.78, 5) is 22.6. The van der Waals surface area contributed by atoms with Crippen LogP contribution in [0.4, 0.5) is 4.79 Å². The summed E-state index contributed by atoms with van der Waals surface area (Å²) in [5.74, 6) is 0.532. The summed E-state index contributed by atoms with van der Waals surface area (Å²) in [5, 5.41) is 2.63. The molecule has 0 bridgehead atoms. The lowest BCUT2D eigenvalue weighted by molar-refractivity contribution is 0.112. The lowest BCUT2D eigenvalue weighted by Crippen LogP contribution is -2.24. The zero-order valence-corrected chi connectivity index (χ0v) is 13.4. The summed E-state index contributed by atoms with van der Waals surface area (Å²) >= 11 is 0. The van der Waals surface area contributed by atoms with E-state index in [0.29, 0.717) is 17.9 Å². The highest BCUT2D eigenvalue weighted by Crippen LogP contribution is 2.18. The van der Waals surface area contributed by atoms with Crippen LogP contribution in [0.3, 0.4) is 0 Å². The minimum Gasteiger partial charge on any atom is -0.496 e. The number of alkyl carbamates (subject to hydrolysis) is 1. The molecule has 5 heteroatoms. The smallest absolute Gasteiger partial charge is 0.407 e. The van der Waals surface area contributed by atoms with Crippen molar-refractivity contribution in [2.24, 2.45) is 0 Å². The third-order valence-electron chi connectivity index (χ3n) is 3.27. The van der Waals surface area contributed by atoms with E-state index in [0.717, 1.165) is 17.4 Å². The van der Waals surface area contributed by atoms with Crippen LogP contribution in [0.5, 0.6) is 5.75 Å². The minimum absolute atomic E-state index is 0.234. The van der Waals surface area contributed by atoms with E-state index < -0.39 is 6.09 Å². The van der Waals surface area contributed by atoms with Crippen molar-refractivity contribution in [2.75, 3.05) is 13.7 Å². The van der Waals surface area contributed by atoms with Gasteiger partial charge in [0.05, 0.1) is 12.7 Å². The molecular formula is C19H19NO4. The van der Waals surface area contributed by atoms with Gasteiger partial charge in [0.1, 0.15) is 12.4 Å². The van der Waals surface area contributed by atoms with Crippen molar-refractivity contribution in [1.82, 2.24) is 5.32 Å². The molecule has 0 radical (unpaired) electrons. The number of rotatable bonds is 7. The second kappa shape index (κ2) is 9.15. The van der Waals surface area contributed by atoms with Crippen molar-refractivity contribution < 1.29 is 19.1 Å². The molecule has 0 aliphatic carbocycles. The van der Waals surface area contributed by atoms with E-state index in [4.69, 9.17) is 9.47 Å². The number of hydrogen-bond donors (Lipinski definition) is 1. The van der Waals surface area contributed by atoms with E-state index in [1.165, 1.54) is 7.11 Å². The molecule has 0 atom stereocenters. The van der Waals surface area contributed by atoms with Crippen LogP contribution in [-0.2, 0) is 11.3 Å². The predicted octanol–water partition coefficient (Wildman–Crippen LogP) is 3.45. The molecule has 0 aliphatic rings. The Kier molecular flexibility index (Phi) is 6.58. The maximum Gasteiger partial charge on any atom is 0.407 e. The quantitative estimate of drug-likeness (QED) is 0.792. The SMILES string of the molecule is COc1ccc(C=CCNC(=O)OCc2ccccc2)cc1C=O. The van der Waals surface area contributed by atoms with E-state index >= 15 is 0 Å². The molecule has 0 fully saturated rings. The lowest BCUT2D eigenvalue weighted by atomic mass is 10.1. The highest BCUT2D eigenvalue weighted by molar-refractivity contribution is 5.80. The van der Waals surface area contributed by atoms with Gasteiger partial charge in [-0.1, -0.05) is 48.6 Å². The van der Waals surface area contributed by atoms with Gasteiger partial charge in [-0.2, -0.15) is 0 Å². The zero-order chi connectivity index (χ0) is 17.2. The maximum absolute atomic E-state index is 11.6. The summed E-state index contributed by atoms with van der Waals surface area (Å²) in [5.41, 5.74) is 2.26. The van der Waals surface area contributed by atoms with E-state index in [9.17, 15) is 9.59 Å². The van der Waals surface area contributed by atoms with Crippen molar-refractivity contribution in [2.45, 2.75) is 6.61 Å². The van der Waals surface area contributed by atoms with Gasteiger partial charge in [0.2, 0.25) is 0 Å².